The molecule has 0 saturated carbocycles. The smallest absolute Gasteiger partial charge is 0.151 e. The summed E-state index contributed by atoms with van der Waals surface area (Å²) in [4.78, 5) is 2.43. The molecule has 3 unspecified atom stereocenters. The highest BCUT2D eigenvalue weighted by Crippen LogP contribution is 2.20. The molecule has 0 spiro atoms. The third kappa shape index (κ3) is 3.68. The second-order valence-corrected chi connectivity index (χ2v) is 8.19. The van der Waals surface area contributed by atoms with Crippen LogP contribution in [0.15, 0.2) is 0 Å². The van der Waals surface area contributed by atoms with Crippen molar-refractivity contribution in [1.29, 1.82) is 0 Å². The Morgan fingerprint density at radius 2 is 2.11 bits per heavy atom. The number of hydrogen-bond donors (Lipinski definition) is 1. The number of hydrogen-bond acceptors (Lipinski definition) is 4. The highest BCUT2D eigenvalue weighted by atomic mass is 32.2. The fourth-order valence-electron chi connectivity index (χ4n) is 3.09. The third-order valence-electron chi connectivity index (χ3n) is 4.28. The fraction of sp³-hybridized carbons (Fsp3) is 1.00. The molecule has 1 N–H and O–H groups in total. The highest BCUT2D eigenvalue weighted by molar-refractivity contribution is 7.91. The average Bonchev–Trinajstić information content (AvgIpc) is 2.65. The first kappa shape index (κ1) is 14.3. The molecule has 2 heterocycles. The predicted molar refractivity (Wildman–Crippen MR) is 74.5 cm³/mol. The lowest BCUT2D eigenvalue weighted by Gasteiger charge is -2.35. The molecule has 2 fully saturated rings. The largest absolute Gasteiger partial charge is 0.314 e. The van der Waals surface area contributed by atoms with Crippen molar-refractivity contribution in [3.05, 3.63) is 0 Å². The Kier molecular flexibility index (Phi) is 4.67. The van der Waals surface area contributed by atoms with Crippen molar-refractivity contribution in [2.45, 2.75) is 45.2 Å². The minimum atomic E-state index is -2.76. The molecule has 0 aromatic rings. The highest BCUT2D eigenvalue weighted by Gasteiger charge is 2.33. The fourth-order valence-corrected chi connectivity index (χ4v) is 4.85. The molecule has 2 aliphatic rings. The second kappa shape index (κ2) is 5.88. The molecule has 0 amide bonds. The van der Waals surface area contributed by atoms with E-state index in [1.807, 2.05) is 0 Å². The Bertz CT molecular complexity index is 369. The van der Waals surface area contributed by atoms with Crippen LogP contribution in [0.5, 0.6) is 0 Å². The van der Waals surface area contributed by atoms with Crippen LogP contribution in [0.2, 0.25) is 0 Å². The number of nitrogens with one attached hydrogen (secondary N) is 1. The van der Waals surface area contributed by atoms with Crippen LogP contribution in [0.25, 0.3) is 0 Å². The summed E-state index contributed by atoms with van der Waals surface area (Å²) in [7, 11) is -2.76. The van der Waals surface area contributed by atoms with Crippen LogP contribution in [0.3, 0.4) is 0 Å². The lowest BCUT2D eigenvalue weighted by atomic mass is 10.0. The Balaban J connectivity index is 1.98. The van der Waals surface area contributed by atoms with Gasteiger partial charge in [-0.1, -0.05) is 13.8 Å². The first-order valence-electron chi connectivity index (χ1n) is 7.18. The van der Waals surface area contributed by atoms with Gasteiger partial charge in [-0.2, -0.15) is 0 Å². The first-order chi connectivity index (χ1) is 8.50. The maximum atomic E-state index is 11.6. The molecule has 0 radical (unpaired) electrons. The zero-order valence-electron chi connectivity index (χ0n) is 11.6. The Hall–Kier alpha value is -0.130. The van der Waals surface area contributed by atoms with Gasteiger partial charge in [-0.15, -0.1) is 0 Å². The van der Waals surface area contributed by atoms with Gasteiger partial charge in [0.25, 0.3) is 0 Å². The Labute approximate surface area is 111 Å². The van der Waals surface area contributed by atoms with E-state index < -0.39 is 9.84 Å². The van der Waals surface area contributed by atoms with E-state index >= 15 is 0 Å². The zero-order chi connectivity index (χ0) is 13.2. The zero-order valence-corrected chi connectivity index (χ0v) is 12.4. The van der Waals surface area contributed by atoms with Crippen molar-refractivity contribution >= 4 is 9.84 Å². The van der Waals surface area contributed by atoms with Gasteiger partial charge in [0.05, 0.1) is 11.5 Å². The van der Waals surface area contributed by atoms with Gasteiger partial charge in [0, 0.05) is 18.6 Å². The second-order valence-electron chi connectivity index (χ2n) is 5.96. The summed E-state index contributed by atoms with van der Waals surface area (Å²) in [5.41, 5.74) is 0. The Morgan fingerprint density at radius 1 is 1.33 bits per heavy atom. The molecular formula is C13H26N2O2S. The summed E-state index contributed by atoms with van der Waals surface area (Å²) >= 11 is 0. The van der Waals surface area contributed by atoms with E-state index in [1.165, 1.54) is 0 Å². The normalized spacial score (nSPS) is 38.2. The van der Waals surface area contributed by atoms with Gasteiger partial charge in [-0.05, 0) is 38.3 Å². The summed E-state index contributed by atoms with van der Waals surface area (Å²) in [6.45, 7) is 7.59. The van der Waals surface area contributed by atoms with Gasteiger partial charge in [0.1, 0.15) is 0 Å². The van der Waals surface area contributed by atoms with Crippen LogP contribution in [-0.2, 0) is 9.84 Å². The quantitative estimate of drug-likeness (QED) is 0.812. The van der Waals surface area contributed by atoms with Crippen LogP contribution in [0, 0.1) is 5.92 Å². The number of sulfone groups is 1. The molecule has 2 rings (SSSR count). The molecule has 106 valence electrons. The summed E-state index contributed by atoms with van der Waals surface area (Å²) < 4.78 is 23.2. The molecule has 5 heteroatoms. The van der Waals surface area contributed by atoms with E-state index in [0.29, 0.717) is 23.5 Å². The van der Waals surface area contributed by atoms with Crippen molar-refractivity contribution < 1.29 is 8.42 Å². The van der Waals surface area contributed by atoms with E-state index in [0.717, 1.165) is 38.9 Å². The summed E-state index contributed by atoms with van der Waals surface area (Å²) in [5.74, 6) is 1.37. The molecule has 0 bridgehead atoms. The molecule has 18 heavy (non-hydrogen) atoms. The molecule has 4 nitrogen and oxygen atoms in total. The number of nitrogens with zero attached hydrogens (tertiary/aromatic N) is 1. The van der Waals surface area contributed by atoms with Crippen LogP contribution < -0.4 is 5.32 Å². The molecule has 0 aliphatic carbocycles. The van der Waals surface area contributed by atoms with Crippen molar-refractivity contribution in [2.75, 3.05) is 31.1 Å². The molecular weight excluding hydrogens is 248 g/mol. The van der Waals surface area contributed by atoms with Crippen molar-refractivity contribution in [3.63, 3.8) is 0 Å². The molecule has 2 aliphatic heterocycles. The van der Waals surface area contributed by atoms with Crippen molar-refractivity contribution in [3.8, 4) is 0 Å². The van der Waals surface area contributed by atoms with Gasteiger partial charge >= 0.3 is 0 Å². The van der Waals surface area contributed by atoms with Crippen LogP contribution in [0.4, 0.5) is 0 Å². The van der Waals surface area contributed by atoms with Gasteiger partial charge in [-0.25, -0.2) is 8.42 Å². The van der Waals surface area contributed by atoms with E-state index in [-0.39, 0.29) is 6.04 Å². The van der Waals surface area contributed by atoms with Gasteiger partial charge < -0.3 is 5.32 Å². The topological polar surface area (TPSA) is 49.4 Å². The maximum Gasteiger partial charge on any atom is 0.151 e. The van der Waals surface area contributed by atoms with E-state index in [9.17, 15) is 8.42 Å². The van der Waals surface area contributed by atoms with Gasteiger partial charge in [0.15, 0.2) is 9.84 Å². The average molecular weight is 274 g/mol. The summed E-state index contributed by atoms with van der Waals surface area (Å²) in [6.07, 6.45) is 3.13. The van der Waals surface area contributed by atoms with Crippen LogP contribution >= 0.6 is 0 Å². The maximum absolute atomic E-state index is 11.6. The lowest BCUT2D eigenvalue weighted by molar-refractivity contribution is 0.155. The molecule has 2 saturated heterocycles. The lowest BCUT2D eigenvalue weighted by Crippen LogP contribution is -2.47. The first-order valence-corrected chi connectivity index (χ1v) is 9.00. The Morgan fingerprint density at radius 3 is 2.72 bits per heavy atom. The summed E-state index contributed by atoms with van der Waals surface area (Å²) in [5, 5.41) is 3.60. The molecule has 0 aromatic carbocycles. The van der Waals surface area contributed by atoms with Crippen LogP contribution in [0.1, 0.15) is 33.1 Å². The van der Waals surface area contributed by atoms with E-state index in [4.69, 9.17) is 0 Å². The van der Waals surface area contributed by atoms with Gasteiger partial charge in [-0.3, -0.25) is 4.90 Å². The van der Waals surface area contributed by atoms with Crippen molar-refractivity contribution in [2.24, 2.45) is 5.92 Å². The van der Waals surface area contributed by atoms with Gasteiger partial charge in [0.2, 0.25) is 0 Å². The van der Waals surface area contributed by atoms with Crippen molar-refractivity contribution in [1.82, 2.24) is 10.2 Å². The monoisotopic (exact) mass is 274 g/mol. The SMILES string of the molecule is CCC1CCN(C2CCS(=O)(=O)C2)CC(C)CN1. The van der Waals surface area contributed by atoms with Crippen LogP contribution in [-0.4, -0.2) is 56.5 Å². The predicted octanol–water partition coefficient (Wildman–Crippen LogP) is 0.884. The standard InChI is InChI=1S/C13H26N2O2S/c1-3-12-4-6-15(9-11(2)8-14-12)13-5-7-18(16,17)10-13/h11-14H,3-10H2,1-2H3. The van der Waals surface area contributed by atoms with E-state index in [2.05, 4.69) is 24.1 Å². The van der Waals surface area contributed by atoms with E-state index in [1.54, 1.807) is 0 Å². The third-order valence-corrected chi connectivity index (χ3v) is 6.03. The summed E-state index contributed by atoms with van der Waals surface area (Å²) in [6, 6.07) is 0.862. The molecule has 0 aromatic heterocycles. The molecule has 3 atom stereocenters. The minimum Gasteiger partial charge on any atom is -0.314 e. The minimum absolute atomic E-state index is 0.271. The number of rotatable bonds is 2.